The Labute approximate surface area is 154 Å². The quantitative estimate of drug-likeness (QED) is 0.497. The molecule has 4 aromatic rings. The Hall–Kier alpha value is -3.67. The van der Waals surface area contributed by atoms with Gasteiger partial charge >= 0.3 is 0 Å². The number of aromatic nitrogens is 1. The molecule has 0 aliphatic carbocycles. The molecule has 0 bridgehead atoms. The molecule has 0 fully saturated rings. The molecular weight excluding hydrogens is 347 g/mol. The van der Waals surface area contributed by atoms with Gasteiger partial charge in [-0.1, -0.05) is 12.1 Å². The van der Waals surface area contributed by atoms with Crippen LogP contribution < -0.4 is 0 Å². The molecule has 0 amide bonds. The van der Waals surface area contributed by atoms with E-state index in [2.05, 4.69) is 9.98 Å². The van der Waals surface area contributed by atoms with E-state index in [0.717, 1.165) is 5.56 Å². The Morgan fingerprint density at radius 3 is 2.78 bits per heavy atom. The molecule has 0 unspecified atom stereocenters. The van der Waals surface area contributed by atoms with E-state index in [1.165, 1.54) is 24.4 Å². The lowest BCUT2D eigenvalue weighted by Crippen LogP contribution is -1.85. The number of rotatable bonds is 3. The first-order valence-electron chi connectivity index (χ1n) is 8.23. The number of hydrogen-bond acceptors (Lipinski definition) is 5. The van der Waals surface area contributed by atoms with Crippen molar-refractivity contribution < 1.29 is 19.0 Å². The summed E-state index contributed by atoms with van der Waals surface area (Å²) in [5.74, 6) is -0.897. The topological polar surface area (TPSA) is 78.9 Å². The van der Waals surface area contributed by atoms with Gasteiger partial charge in [-0.25, -0.2) is 9.37 Å². The van der Waals surface area contributed by atoms with Gasteiger partial charge in [-0.3, -0.25) is 4.99 Å². The van der Waals surface area contributed by atoms with E-state index in [-0.39, 0.29) is 17.2 Å². The lowest BCUT2D eigenvalue weighted by atomic mass is 10.1. The summed E-state index contributed by atoms with van der Waals surface area (Å²) in [7, 11) is 0. The molecule has 2 N–H and O–H groups in total. The highest BCUT2D eigenvalue weighted by atomic mass is 19.1. The van der Waals surface area contributed by atoms with Gasteiger partial charge in [0.25, 0.3) is 0 Å². The SMILES string of the molecule is Cc1ccc2oc(-c3cc(N=Cc4cccc(F)c4O)ccc3O)nc2c1. The Morgan fingerprint density at radius 2 is 1.93 bits per heavy atom. The number of aromatic hydroxyl groups is 2. The van der Waals surface area contributed by atoms with E-state index in [1.807, 2.05) is 25.1 Å². The fraction of sp³-hybridized carbons (Fsp3) is 0.0476. The van der Waals surface area contributed by atoms with Crippen molar-refractivity contribution in [3.05, 3.63) is 71.5 Å². The van der Waals surface area contributed by atoms with Gasteiger partial charge in [0.15, 0.2) is 17.1 Å². The van der Waals surface area contributed by atoms with Crippen LogP contribution in [0.1, 0.15) is 11.1 Å². The first-order chi connectivity index (χ1) is 13.0. The van der Waals surface area contributed by atoms with E-state index in [0.29, 0.717) is 22.4 Å². The molecule has 3 aromatic carbocycles. The molecule has 6 heteroatoms. The highest BCUT2D eigenvalue weighted by molar-refractivity contribution is 5.86. The molecule has 0 saturated carbocycles. The van der Waals surface area contributed by atoms with Crippen molar-refractivity contribution in [3.8, 4) is 23.0 Å². The number of benzene rings is 3. The number of para-hydroxylation sites is 1. The Bertz CT molecular complexity index is 1180. The van der Waals surface area contributed by atoms with Crippen LogP contribution in [0.2, 0.25) is 0 Å². The molecule has 5 nitrogen and oxygen atoms in total. The van der Waals surface area contributed by atoms with Crippen molar-refractivity contribution >= 4 is 23.0 Å². The number of nitrogens with zero attached hydrogens (tertiary/aromatic N) is 2. The highest BCUT2D eigenvalue weighted by Gasteiger charge is 2.13. The predicted molar refractivity (Wildman–Crippen MR) is 101 cm³/mol. The molecule has 0 saturated heterocycles. The normalized spacial score (nSPS) is 11.5. The molecule has 134 valence electrons. The zero-order valence-corrected chi connectivity index (χ0v) is 14.3. The molecule has 1 aromatic heterocycles. The molecule has 0 spiro atoms. The van der Waals surface area contributed by atoms with Crippen LogP contribution in [-0.2, 0) is 0 Å². The van der Waals surface area contributed by atoms with Gasteiger partial charge in [-0.15, -0.1) is 0 Å². The zero-order chi connectivity index (χ0) is 19.0. The van der Waals surface area contributed by atoms with Crippen LogP contribution in [0, 0.1) is 12.7 Å². The minimum atomic E-state index is -0.716. The van der Waals surface area contributed by atoms with E-state index in [4.69, 9.17) is 4.42 Å². The second-order valence-electron chi connectivity index (χ2n) is 6.13. The van der Waals surface area contributed by atoms with E-state index < -0.39 is 11.6 Å². The number of aryl methyl sites for hydroxylation is 1. The van der Waals surface area contributed by atoms with Gasteiger partial charge in [0.05, 0.1) is 11.3 Å². The van der Waals surface area contributed by atoms with Crippen LogP contribution in [0.4, 0.5) is 10.1 Å². The first kappa shape index (κ1) is 16.8. The average molecular weight is 362 g/mol. The number of aliphatic imine (C=N–C) groups is 1. The third-order valence-electron chi connectivity index (χ3n) is 4.12. The van der Waals surface area contributed by atoms with E-state index >= 15 is 0 Å². The fourth-order valence-corrected chi connectivity index (χ4v) is 2.71. The second kappa shape index (κ2) is 6.57. The number of fused-ring (bicyclic) bond motifs is 1. The number of phenols is 2. The Kier molecular flexibility index (Phi) is 4.08. The summed E-state index contributed by atoms with van der Waals surface area (Å²) in [6, 6.07) is 14.5. The van der Waals surface area contributed by atoms with Gasteiger partial charge in [-0.05, 0) is 55.0 Å². The largest absolute Gasteiger partial charge is 0.507 e. The fourth-order valence-electron chi connectivity index (χ4n) is 2.71. The zero-order valence-electron chi connectivity index (χ0n) is 14.3. The predicted octanol–water partition coefficient (Wildman–Crippen LogP) is 5.10. The summed E-state index contributed by atoms with van der Waals surface area (Å²) in [5, 5.41) is 19.9. The Balaban J connectivity index is 1.72. The van der Waals surface area contributed by atoms with Crippen molar-refractivity contribution in [2.75, 3.05) is 0 Å². The summed E-state index contributed by atoms with van der Waals surface area (Å²) in [4.78, 5) is 8.66. The molecule has 0 aliphatic rings. The third-order valence-corrected chi connectivity index (χ3v) is 4.12. The molecular formula is C21H15FN2O3. The van der Waals surface area contributed by atoms with Crippen molar-refractivity contribution in [1.82, 2.24) is 4.98 Å². The molecule has 27 heavy (non-hydrogen) atoms. The molecule has 0 atom stereocenters. The average Bonchev–Trinajstić information content (AvgIpc) is 3.07. The van der Waals surface area contributed by atoms with Crippen LogP contribution in [0.3, 0.4) is 0 Å². The van der Waals surface area contributed by atoms with Crippen molar-refractivity contribution in [1.29, 1.82) is 0 Å². The van der Waals surface area contributed by atoms with Crippen molar-refractivity contribution in [2.24, 2.45) is 4.99 Å². The maximum atomic E-state index is 13.4. The number of halogens is 1. The maximum absolute atomic E-state index is 13.4. The van der Waals surface area contributed by atoms with Gasteiger partial charge in [0.2, 0.25) is 5.89 Å². The van der Waals surface area contributed by atoms with Crippen molar-refractivity contribution in [3.63, 3.8) is 0 Å². The van der Waals surface area contributed by atoms with Crippen molar-refractivity contribution in [2.45, 2.75) is 6.92 Å². The third kappa shape index (κ3) is 3.25. The van der Waals surface area contributed by atoms with Crippen LogP contribution in [0.15, 0.2) is 64.0 Å². The van der Waals surface area contributed by atoms with Crippen LogP contribution >= 0.6 is 0 Å². The number of oxazole rings is 1. The van der Waals surface area contributed by atoms with Gasteiger partial charge < -0.3 is 14.6 Å². The molecule has 0 aliphatic heterocycles. The Morgan fingerprint density at radius 1 is 1.07 bits per heavy atom. The maximum Gasteiger partial charge on any atom is 0.231 e. The summed E-state index contributed by atoms with van der Waals surface area (Å²) in [6.45, 7) is 1.96. The standard InChI is InChI=1S/C21H15FN2O3/c1-12-5-8-19-17(9-12)24-21(27-19)15-10-14(6-7-18(15)25)23-11-13-3-2-4-16(22)20(13)26/h2-11,25-26H,1H3. The lowest BCUT2D eigenvalue weighted by molar-refractivity contribution is 0.431. The van der Waals surface area contributed by atoms with Gasteiger partial charge in [0, 0.05) is 11.8 Å². The lowest BCUT2D eigenvalue weighted by Gasteiger charge is -2.02. The smallest absolute Gasteiger partial charge is 0.231 e. The number of phenolic OH excluding ortho intramolecular Hbond substituents is 2. The molecule has 1 heterocycles. The first-order valence-corrected chi connectivity index (χ1v) is 8.23. The van der Waals surface area contributed by atoms with E-state index in [1.54, 1.807) is 18.2 Å². The number of hydrogen-bond donors (Lipinski definition) is 2. The minimum Gasteiger partial charge on any atom is -0.507 e. The monoisotopic (exact) mass is 362 g/mol. The summed E-state index contributed by atoms with van der Waals surface area (Å²) < 4.78 is 19.1. The summed E-state index contributed by atoms with van der Waals surface area (Å²) in [5.41, 5.74) is 3.50. The van der Waals surface area contributed by atoms with Gasteiger partial charge in [0.1, 0.15) is 11.3 Å². The summed E-state index contributed by atoms with van der Waals surface area (Å²) in [6.07, 6.45) is 1.35. The van der Waals surface area contributed by atoms with Gasteiger partial charge in [-0.2, -0.15) is 0 Å². The summed E-state index contributed by atoms with van der Waals surface area (Å²) >= 11 is 0. The van der Waals surface area contributed by atoms with Crippen LogP contribution in [-0.4, -0.2) is 21.4 Å². The van der Waals surface area contributed by atoms with Crippen LogP contribution in [0.5, 0.6) is 11.5 Å². The van der Waals surface area contributed by atoms with Crippen LogP contribution in [0.25, 0.3) is 22.6 Å². The molecule has 0 radical (unpaired) electrons. The second-order valence-corrected chi connectivity index (χ2v) is 6.13. The highest BCUT2D eigenvalue weighted by Crippen LogP contribution is 2.34. The van der Waals surface area contributed by atoms with E-state index in [9.17, 15) is 14.6 Å². The minimum absolute atomic E-state index is 0.00540. The molecule has 4 rings (SSSR count).